The minimum Gasteiger partial charge on any atom is -0.368 e. The van der Waals surface area contributed by atoms with Crippen molar-refractivity contribution in [2.45, 2.75) is 39.3 Å². The summed E-state index contributed by atoms with van der Waals surface area (Å²) < 4.78 is 19.1. The van der Waals surface area contributed by atoms with E-state index >= 15 is 0 Å². The highest BCUT2D eigenvalue weighted by Gasteiger charge is 2.14. The first-order valence-electron chi connectivity index (χ1n) is 7.41. The normalized spacial score (nSPS) is 16.0. The van der Waals surface area contributed by atoms with Gasteiger partial charge in [-0.3, -0.25) is 4.79 Å². The monoisotopic (exact) mass is 294 g/mol. The van der Waals surface area contributed by atoms with Crippen LogP contribution in [0.3, 0.4) is 0 Å². The maximum absolute atomic E-state index is 13.5. The minimum absolute atomic E-state index is 0.0871. The summed E-state index contributed by atoms with van der Waals surface area (Å²) in [4.78, 5) is 11.8. The summed E-state index contributed by atoms with van der Waals surface area (Å²) in [5.41, 5.74) is 2.11. The third-order valence-electron chi connectivity index (χ3n) is 3.72. The van der Waals surface area contributed by atoms with E-state index in [1.807, 2.05) is 0 Å². The van der Waals surface area contributed by atoms with E-state index in [2.05, 4.69) is 10.6 Å². The summed E-state index contributed by atoms with van der Waals surface area (Å²) in [6.45, 7) is 5.84. The Morgan fingerprint density at radius 2 is 1.95 bits per heavy atom. The predicted octanol–water partition coefficient (Wildman–Crippen LogP) is 1.83. The van der Waals surface area contributed by atoms with Gasteiger partial charge in [-0.25, -0.2) is 4.39 Å². The lowest BCUT2D eigenvalue weighted by atomic mass is 10.1. The second kappa shape index (κ2) is 7.52. The van der Waals surface area contributed by atoms with Gasteiger partial charge in [0.25, 0.3) is 0 Å². The number of piperidine rings is 1. The Bertz CT molecular complexity index is 476. The molecule has 1 fully saturated rings. The van der Waals surface area contributed by atoms with Gasteiger partial charge < -0.3 is 15.4 Å². The maximum atomic E-state index is 13.5. The summed E-state index contributed by atoms with van der Waals surface area (Å²) in [6, 6.07) is 3.52. The zero-order valence-corrected chi connectivity index (χ0v) is 12.7. The Hall–Kier alpha value is -1.46. The first-order chi connectivity index (χ1) is 10.1. The number of benzene rings is 1. The van der Waals surface area contributed by atoms with Crippen LogP contribution in [0.4, 0.5) is 4.39 Å². The summed E-state index contributed by atoms with van der Waals surface area (Å²) in [5.74, 6) is -0.313. The molecule has 1 aliphatic rings. The van der Waals surface area contributed by atoms with Gasteiger partial charge in [-0.2, -0.15) is 0 Å². The van der Waals surface area contributed by atoms with Crippen molar-refractivity contribution >= 4 is 5.91 Å². The van der Waals surface area contributed by atoms with Crippen LogP contribution < -0.4 is 10.6 Å². The second-order valence-corrected chi connectivity index (χ2v) is 5.58. The highest BCUT2D eigenvalue weighted by atomic mass is 19.1. The fourth-order valence-electron chi connectivity index (χ4n) is 2.54. The van der Waals surface area contributed by atoms with Gasteiger partial charge in [0.1, 0.15) is 12.4 Å². The van der Waals surface area contributed by atoms with Crippen LogP contribution in [0.2, 0.25) is 0 Å². The summed E-state index contributed by atoms with van der Waals surface area (Å²) in [5, 5.41) is 6.06. The zero-order chi connectivity index (χ0) is 15.2. The molecule has 0 saturated carbocycles. The number of rotatable bonds is 5. The van der Waals surface area contributed by atoms with Gasteiger partial charge >= 0.3 is 0 Å². The van der Waals surface area contributed by atoms with E-state index in [-0.39, 0.29) is 24.4 Å². The van der Waals surface area contributed by atoms with Crippen molar-refractivity contribution in [3.8, 4) is 0 Å². The van der Waals surface area contributed by atoms with E-state index in [0.29, 0.717) is 17.7 Å². The molecule has 1 heterocycles. The molecule has 1 aliphatic heterocycles. The molecule has 21 heavy (non-hydrogen) atoms. The third kappa shape index (κ3) is 4.79. The van der Waals surface area contributed by atoms with Crippen LogP contribution in [-0.4, -0.2) is 31.7 Å². The van der Waals surface area contributed by atoms with E-state index < -0.39 is 0 Å². The largest absolute Gasteiger partial charge is 0.368 e. The SMILES string of the molecule is Cc1cc(CNC(=O)COC2CCNCC2)cc(C)c1F. The molecule has 5 heteroatoms. The van der Waals surface area contributed by atoms with Crippen LogP contribution in [0, 0.1) is 19.7 Å². The van der Waals surface area contributed by atoms with Crippen LogP contribution in [-0.2, 0) is 16.1 Å². The van der Waals surface area contributed by atoms with Crippen molar-refractivity contribution in [2.24, 2.45) is 0 Å². The molecule has 4 nitrogen and oxygen atoms in total. The van der Waals surface area contributed by atoms with Crippen LogP contribution in [0.15, 0.2) is 12.1 Å². The third-order valence-corrected chi connectivity index (χ3v) is 3.72. The summed E-state index contributed by atoms with van der Waals surface area (Å²) >= 11 is 0. The number of halogens is 1. The van der Waals surface area contributed by atoms with Crippen LogP contribution in [0.25, 0.3) is 0 Å². The summed E-state index contributed by atoms with van der Waals surface area (Å²) in [7, 11) is 0. The van der Waals surface area contributed by atoms with Crippen molar-refractivity contribution < 1.29 is 13.9 Å². The number of nitrogens with one attached hydrogen (secondary N) is 2. The smallest absolute Gasteiger partial charge is 0.246 e. The molecule has 0 radical (unpaired) electrons. The van der Waals surface area contributed by atoms with Crippen molar-refractivity contribution in [1.29, 1.82) is 0 Å². The van der Waals surface area contributed by atoms with Gasteiger partial charge in [0, 0.05) is 6.54 Å². The number of hydrogen-bond donors (Lipinski definition) is 2. The highest BCUT2D eigenvalue weighted by Crippen LogP contribution is 2.14. The quantitative estimate of drug-likeness (QED) is 0.871. The lowest BCUT2D eigenvalue weighted by molar-refractivity contribution is -0.128. The molecular weight excluding hydrogens is 271 g/mol. The van der Waals surface area contributed by atoms with E-state index in [4.69, 9.17) is 4.74 Å². The Kier molecular flexibility index (Phi) is 5.70. The Labute approximate surface area is 125 Å². The summed E-state index contributed by atoms with van der Waals surface area (Å²) in [6.07, 6.45) is 2.07. The molecule has 0 aliphatic carbocycles. The van der Waals surface area contributed by atoms with Gasteiger partial charge in [-0.15, -0.1) is 0 Å². The van der Waals surface area contributed by atoms with E-state index in [1.165, 1.54) is 0 Å². The molecule has 0 unspecified atom stereocenters. The number of ether oxygens (including phenoxy) is 1. The maximum Gasteiger partial charge on any atom is 0.246 e. The van der Waals surface area contributed by atoms with Crippen LogP contribution >= 0.6 is 0 Å². The number of hydrogen-bond acceptors (Lipinski definition) is 3. The van der Waals surface area contributed by atoms with Crippen molar-refractivity contribution in [3.05, 3.63) is 34.6 Å². The fraction of sp³-hybridized carbons (Fsp3) is 0.562. The lowest BCUT2D eigenvalue weighted by Gasteiger charge is -2.22. The molecule has 1 aromatic carbocycles. The van der Waals surface area contributed by atoms with Gasteiger partial charge in [-0.1, -0.05) is 12.1 Å². The van der Waals surface area contributed by atoms with E-state index in [1.54, 1.807) is 26.0 Å². The molecular formula is C16H23FN2O2. The minimum atomic E-state index is -0.181. The Morgan fingerprint density at radius 1 is 1.33 bits per heavy atom. The van der Waals surface area contributed by atoms with Crippen LogP contribution in [0.5, 0.6) is 0 Å². The molecule has 0 atom stereocenters. The van der Waals surface area contributed by atoms with Gasteiger partial charge in [0.15, 0.2) is 0 Å². The fourth-order valence-corrected chi connectivity index (χ4v) is 2.54. The Morgan fingerprint density at radius 3 is 2.57 bits per heavy atom. The average molecular weight is 294 g/mol. The molecule has 1 saturated heterocycles. The lowest BCUT2D eigenvalue weighted by Crippen LogP contribution is -2.35. The van der Waals surface area contributed by atoms with Gasteiger partial charge in [0.2, 0.25) is 5.91 Å². The zero-order valence-electron chi connectivity index (χ0n) is 12.7. The van der Waals surface area contributed by atoms with Crippen molar-refractivity contribution in [2.75, 3.05) is 19.7 Å². The number of aryl methyl sites for hydroxylation is 2. The molecule has 1 aromatic rings. The first-order valence-corrected chi connectivity index (χ1v) is 7.41. The van der Waals surface area contributed by atoms with Crippen molar-refractivity contribution in [1.82, 2.24) is 10.6 Å². The van der Waals surface area contributed by atoms with Crippen molar-refractivity contribution in [3.63, 3.8) is 0 Å². The molecule has 2 rings (SSSR count). The molecule has 2 N–H and O–H groups in total. The molecule has 116 valence electrons. The van der Waals surface area contributed by atoms with Gasteiger partial charge in [0.05, 0.1) is 6.10 Å². The molecule has 0 bridgehead atoms. The van der Waals surface area contributed by atoms with Crippen LogP contribution in [0.1, 0.15) is 29.5 Å². The average Bonchev–Trinajstić information content (AvgIpc) is 2.49. The Balaban J connectivity index is 1.75. The van der Waals surface area contributed by atoms with Gasteiger partial charge in [-0.05, 0) is 56.5 Å². The second-order valence-electron chi connectivity index (χ2n) is 5.58. The standard InChI is InChI=1S/C16H23FN2O2/c1-11-7-13(8-12(2)16(11)17)9-19-15(20)10-21-14-3-5-18-6-4-14/h7-8,14,18H,3-6,9-10H2,1-2H3,(H,19,20). The first kappa shape index (κ1) is 15.9. The highest BCUT2D eigenvalue weighted by molar-refractivity contribution is 5.77. The number of amides is 1. The van der Waals surface area contributed by atoms with E-state index in [0.717, 1.165) is 31.5 Å². The topological polar surface area (TPSA) is 50.4 Å². The molecule has 0 aromatic heterocycles. The molecule has 0 spiro atoms. The predicted molar refractivity (Wildman–Crippen MR) is 79.6 cm³/mol. The molecule has 1 amide bonds. The number of carbonyl (C=O) groups is 1. The van der Waals surface area contributed by atoms with E-state index in [9.17, 15) is 9.18 Å². The number of carbonyl (C=O) groups excluding carboxylic acids is 1.